The van der Waals surface area contributed by atoms with Crippen LogP contribution in [0.15, 0.2) is 47.5 Å². The maximum Gasteiger partial charge on any atom is 0.191 e. The molecule has 4 nitrogen and oxygen atoms in total. The molecule has 142 valence electrons. The number of guanidine groups is 1. The lowest BCUT2D eigenvalue weighted by molar-refractivity contribution is 0.414. The highest BCUT2D eigenvalue weighted by atomic mass is 127. The van der Waals surface area contributed by atoms with E-state index in [1.54, 1.807) is 33.2 Å². The molecule has 0 bridgehead atoms. The van der Waals surface area contributed by atoms with Gasteiger partial charge in [-0.15, -0.1) is 24.0 Å². The third-order valence-corrected chi connectivity index (χ3v) is 4.14. The second-order valence-corrected chi connectivity index (χ2v) is 5.97. The summed E-state index contributed by atoms with van der Waals surface area (Å²) in [4.78, 5) is 4.23. The molecule has 0 saturated carbocycles. The molecular weight excluding hydrogens is 444 g/mol. The number of halogens is 2. The molecular formula is C20H27FIN3O. The average molecular weight is 471 g/mol. The first-order valence-electron chi connectivity index (χ1n) is 8.39. The van der Waals surface area contributed by atoms with E-state index in [1.165, 1.54) is 5.56 Å². The maximum absolute atomic E-state index is 13.7. The number of aryl methyl sites for hydroxylation is 1. The van der Waals surface area contributed by atoms with Crippen molar-refractivity contribution in [3.05, 3.63) is 65.0 Å². The van der Waals surface area contributed by atoms with Gasteiger partial charge >= 0.3 is 0 Å². The number of rotatable bonds is 6. The maximum atomic E-state index is 13.7. The molecule has 0 aromatic heterocycles. The fourth-order valence-corrected chi connectivity index (χ4v) is 2.48. The van der Waals surface area contributed by atoms with Gasteiger partial charge in [-0.2, -0.15) is 0 Å². The van der Waals surface area contributed by atoms with Crippen LogP contribution in [0.1, 0.15) is 29.7 Å². The number of ether oxygens (including phenoxy) is 1. The molecule has 0 saturated heterocycles. The summed E-state index contributed by atoms with van der Waals surface area (Å²) in [7, 11) is 3.39. The molecule has 0 aliphatic heterocycles. The summed E-state index contributed by atoms with van der Waals surface area (Å²) in [6.45, 7) is 4.50. The van der Waals surface area contributed by atoms with Crippen LogP contribution in [0.25, 0.3) is 0 Å². The molecule has 0 spiro atoms. The Bertz CT molecular complexity index is 719. The zero-order valence-electron chi connectivity index (χ0n) is 15.7. The highest BCUT2D eigenvalue weighted by Gasteiger charge is 2.09. The summed E-state index contributed by atoms with van der Waals surface area (Å²) < 4.78 is 18.9. The Morgan fingerprint density at radius 2 is 1.88 bits per heavy atom. The molecule has 0 amide bonds. The molecule has 0 fully saturated rings. The van der Waals surface area contributed by atoms with E-state index < -0.39 is 0 Å². The van der Waals surface area contributed by atoms with Crippen molar-refractivity contribution < 1.29 is 9.13 Å². The second-order valence-electron chi connectivity index (χ2n) is 5.97. The minimum atomic E-state index is -0.186. The zero-order valence-corrected chi connectivity index (χ0v) is 18.0. The van der Waals surface area contributed by atoms with Gasteiger partial charge in [-0.05, 0) is 55.2 Å². The Morgan fingerprint density at radius 3 is 2.46 bits per heavy atom. The fourth-order valence-electron chi connectivity index (χ4n) is 2.48. The van der Waals surface area contributed by atoms with Crippen LogP contribution in [0, 0.1) is 12.7 Å². The van der Waals surface area contributed by atoms with Crippen molar-refractivity contribution in [2.45, 2.75) is 26.3 Å². The van der Waals surface area contributed by atoms with E-state index in [4.69, 9.17) is 4.74 Å². The Kier molecular flexibility index (Phi) is 9.40. The van der Waals surface area contributed by atoms with Crippen LogP contribution in [-0.4, -0.2) is 26.7 Å². The molecule has 6 heteroatoms. The minimum absolute atomic E-state index is 0. The Morgan fingerprint density at radius 1 is 1.19 bits per heavy atom. The molecule has 0 heterocycles. The lowest BCUT2D eigenvalue weighted by Crippen LogP contribution is -2.39. The van der Waals surface area contributed by atoms with Crippen molar-refractivity contribution in [3.63, 3.8) is 0 Å². The van der Waals surface area contributed by atoms with Gasteiger partial charge in [-0.1, -0.05) is 24.3 Å². The van der Waals surface area contributed by atoms with Gasteiger partial charge in [0.2, 0.25) is 0 Å². The van der Waals surface area contributed by atoms with Crippen LogP contribution in [0.2, 0.25) is 0 Å². The number of hydrogen-bond acceptors (Lipinski definition) is 2. The molecule has 26 heavy (non-hydrogen) atoms. The number of methoxy groups -OCH3 is 1. The van der Waals surface area contributed by atoms with Crippen LogP contribution in [-0.2, 0) is 6.42 Å². The van der Waals surface area contributed by atoms with E-state index in [0.717, 1.165) is 24.3 Å². The third kappa shape index (κ3) is 6.48. The number of benzene rings is 2. The summed E-state index contributed by atoms with van der Waals surface area (Å²) in [6.07, 6.45) is 0.873. The molecule has 1 unspecified atom stereocenters. The molecule has 0 aliphatic rings. The molecule has 0 radical (unpaired) electrons. The van der Waals surface area contributed by atoms with E-state index in [9.17, 15) is 4.39 Å². The lowest BCUT2D eigenvalue weighted by Gasteiger charge is -2.18. The molecule has 2 aromatic rings. The highest BCUT2D eigenvalue weighted by molar-refractivity contribution is 14.0. The summed E-state index contributed by atoms with van der Waals surface area (Å²) in [5, 5.41) is 6.57. The average Bonchev–Trinajstić information content (AvgIpc) is 2.63. The van der Waals surface area contributed by atoms with E-state index in [2.05, 4.69) is 27.8 Å². The summed E-state index contributed by atoms with van der Waals surface area (Å²) >= 11 is 0. The van der Waals surface area contributed by atoms with Crippen molar-refractivity contribution in [3.8, 4) is 5.75 Å². The lowest BCUT2D eigenvalue weighted by atomic mass is 10.1. The van der Waals surface area contributed by atoms with Crippen LogP contribution in [0.4, 0.5) is 4.39 Å². The Hall–Kier alpha value is -1.83. The summed E-state index contributed by atoms with van der Waals surface area (Å²) in [5.41, 5.74) is 2.76. The van der Waals surface area contributed by atoms with Gasteiger partial charge in [-0.25, -0.2) is 4.39 Å². The van der Waals surface area contributed by atoms with Gasteiger partial charge in [0.25, 0.3) is 0 Å². The number of hydrogen-bond donors (Lipinski definition) is 2. The summed E-state index contributed by atoms with van der Waals surface area (Å²) in [6, 6.07) is 13.3. The smallest absolute Gasteiger partial charge is 0.191 e. The van der Waals surface area contributed by atoms with E-state index in [-0.39, 0.29) is 35.8 Å². The first kappa shape index (κ1) is 22.2. The van der Waals surface area contributed by atoms with Crippen LogP contribution < -0.4 is 15.4 Å². The molecule has 2 rings (SSSR count). The van der Waals surface area contributed by atoms with Gasteiger partial charge in [0, 0.05) is 13.6 Å². The quantitative estimate of drug-likeness (QED) is 0.377. The molecule has 2 N–H and O–H groups in total. The van der Waals surface area contributed by atoms with Gasteiger partial charge in [0.15, 0.2) is 5.96 Å². The van der Waals surface area contributed by atoms with Gasteiger partial charge in [-0.3, -0.25) is 4.99 Å². The predicted octanol–water partition coefficient (Wildman–Crippen LogP) is 4.23. The van der Waals surface area contributed by atoms with Crippen LogP contribution in [0.5, 0.6) is 5.75 Å². The van der Waals surface area contributed by atoms with Crippen LogP contribution >= 0.6 is 24.0 Å². The normalized spacial score (nSPS) is 12.1. The Balaban J connectivity index is 0.00000338. The number of aliphatic imine (C=N–C) groups is 1. The second kappa shape index (κ2) is 11.0. The van der Waals surface area contributed by atoms with Gasteiger partial charge in [0.05, 0.1) is 13.2 Å². The van der Waals surface area contributed by atoms with Gasteiger partial charge < -0.3 is 15.4 Å². The van der Waals surface area contributed by atoms with Gasteiger partial charge in [0.1, 0.15) is 11.6 Å². The van der Waals surface area contributed by atoms with Crippen molar-refractivity contribution in [2.24, 2.45) is 4.99 Å². The van der Waals surface area contributed by atoms with E-state index in [1.807, 2.05) is 25.1 Å². The first-order chi connectivity index (χ1) is 12.0. The fraction of sp³-hybridized carbons (Fsp3) is 0.350. The SMILES string of the molecule is CN=C(NCCc1ccc(OC)cc1)NC(C)c1ccc(C)c(F)c1.I. The number of nitrogens with zero attached hydrogens (tertiary/aromatic N) is 1. The molecule has 2 aromatic carbocycles. The van der Waals surface area contributed by atoms with Crippen molar-refractivity contribution in [1.29, 1.82) is 0 Å². The molecule has 1 atom stereocenters. The van der Waals surface area contributed by atoms with E-state index >= 15 is 0 Å². The third-order valence-electron chi connectivity index (χ3n) is 4.14. The topological polar surface area (TPSA) is 45.7 Å². The minimum Gasteiger partial charge on any atom is -0.497 e. The van der Waals surface area contributed by atoms with Crippen molar-refractivity contribution >= 4 is 29.9 Å². The zero-order chi connectivity index (χ0) is 18.2. The van der Waals surface area contributed by atoms with E-state index in [0.29, 0.717) is 11.5 Å². The van der Waals surface area contributed by atoms with Crippen LogP contribution in [0.3, 0.4) is 0 Å². The Labute approximate surface area is 172 Å². The predicted molar refractivity (Wildman–Crippen MR) is 116 cm³/mol. The monoisotopic (exact) mass is 471 g/mol. The largest absolute Gasteiger partial charge is 0.497 e. The van der Waals surface area contributed by atoms with Crippen molar-refractivity contribution in [1.82, 2.24) is 10.6 Å². The summed E-state index contributed by atoms with van der Waals surface area (Å²) in [5.74, 6) is 1.36. The van der Waals surface area contributed by atoms with Crippen molar-refractivity contribution in [2.75, 3.05) is 20.7 Å². The standard InChI is InChI=1S/C20H26FN3O.HI/c1-14-5-8-17(13-19(14)21)15(2)24-20(22-3)23-12-11-16-6-9-18(25-4)10-7-16;/h5-10,13,15H,11-12H2,1-4H3,(H2,22,23,24);1H. The number of nitrogens with one attached hydrogen (secondary N) is 2. The first-order valence-corrected chi connectivity index (χ1v) is 8.39. The molecule has 0 aliphatic carbocycles. The highest BCUT2D eigenvalue weighted by Crippen LogP contribution is 2.16.